The van der Waals surface area contributed by atoms with Crippen LogP contribution in [0.2, 0.25) is 0 Å². The molecule has 1 aliphatic rings. The van der Waals surface area contributed by atoms with Gasteiger partial charge < -0.3 is 15.2 Å². The van der Waals surface area contributed by atoms with Gasteiger partial charge in [0.2, 0.25) is 0 Å². The molecule has 106 valence electrons. The predicted octanol–water partition coefficient (Wildman–Crippen LogP) is 2.91. The average Bonchev–Trinajstić information content (AvgIpc) is 2.57. The van der Waals surface area contributed by atoms with Crippen LogP contribution in [0.5, 0.6) is 11.6 Å². The summed E-state index contributed by atoms with van der Waals surface area (Å²) in [6.07, 6.45) is 7.51. The Labute approximate surface area is 115 Å². The molecule has 0 saturated heterocycles. The Morgan fingerprint density at radius 2 is 2.05 bits per heavy atom. The van der Waals surface area contributed by atoms with E-state index in [4.69, 9.17) is 15.2 Å². The smallest absolute Gasteiger partial charge is 0.257 e. The zero-order valence-electron chi connectivity index (χ0n) is 11.8. The summed E-state index contributed by atoms with van der Waals surface area (Å²) in [6, 6.07) is 3.85. The van der Waals surface area contributed by atoms with Crippen LogP contribution in [0.3, 0.4) is 0 Å². The third kappa shape index (κ3) is 4.10. The molecule has 1 saturated carbocycles. The molecule has 2 N–H and O–H groups in total. The first-order chi connectivity index (χ1) is 9.16. The number of aromatic nitrogens is 1. The SMILES string of the molecule is CC(C)Oc1cccnc1OC1CCCCCC1N. The Morgan fingerprint density at radius 1 is 1.26 bits per heavy atom. The molecule has 1 aromatic heterocycles. The minimum atomic E-state index is 0.0481. The van der Waals surface area contributed by atoms with Crippen LogP contribution in [-0.4, -0.2) is 23.2 Å². The number of rotatable bonds is 4. The normalized spacial score (nSPS) is 24.0. The van der Waals surface area contributed by atoms with E-state index < -0.39 is 0 Å². The largest absolute Gasteiger partial charge is 0.485 e. The lowest BCUT2D eigenvalue weighted by atomic mass is 10.1. The van der Waals surface area contributed by atoms with E-state index in [-0.39, 0.29) is 18.2 Å². The van der Waals surface area contributed by atoms with Gasteiger partial charge in [0.15, 0.2) is 5.75 Å². The Bertz CT molecular complexity index is 395. The van der Waals surface area contributed by atoms with Gasteiger partial charge in [-0.05, 0) is 45.2 Å². The van der Waals surface area contributed by atoms with E-state index in [1.807, 2.05) is 26.0 Å². The van der Waals surface area contributed by atoms with Crippen molar-refractivity contribution < 1.29 is 9.47 Å². The molecule has 4 heteroatoms. The second-order valence-electron chi connectivity index (χ2n) is 5.43. The highest BCUT2D eigenvalue weighted by molar-refractivity contribution is 5.33. The molecule has 1 fully saturated rings. The van der Waals surface area contributed by atoms with Crippen LogP contribution in [0.1, 0.15) is 46.0 Å². The van der Waals surface area contributed by atoms with Crippen molar-refractivity contribution in [1.29, 1.82) is 0 Å². The minimum absolute atomic E-state index is 0.0481. The standard InChI is InChI=1S/C15H24N2O2/c1-11(2)18-14-9-6-10-17-15(14)19-13-8-5-3-4-7-12(13)16/h6,9-13H,3-5,7-8,16H2,1-2H3. The lowest BCUT2D eigenvalue weighted by Gasteiger charge is -2.23. The summed E-state index contributed by atoms with van der Waals surface area (Å²) < 4.78 is 11.7. The molecule has 2 rings (SSSR count). The van der Waals surface area contributed by atoms with Crippen molar-refractivity contribution in [3.63, 3.8) is 0 Å². The maximum atomic E-state index is 6.18. The highest BCUT2D eigenvalue weighted by Gasteiger charge is 2.23. The zero-order valence-corrected chi connectivity index (χ0v) is 11.8. The maximum absolute atomic E-state index is 6.18. The van der Waals surface area contributed by atoms with Crippen LogP contribution < -0.4 is 15.2 Å². The number of hydrogen-bond acceptors (Lipinski definition) is 4. The van der Waals surface area contributed by atoms with E-state index in [1.54, 1.807) is 6.20 Å². The fourth-order valence-electron chi connectivity index (χ4n) is 2.40. The molecule has 2 unspecified atom stereocenters. The summed E-state index contributed by atoms with van der Waals surface area (Å²) in [5.41, 5.74) is 6.18. The topological polar surface area (TPSA) is 57.4 Å². The van der Waals surface area contributed by atoms with Gasteiger partial charge in [-0.15, -0.1) is 0 Å². The van der Waals surface area contributed by atoms with Gasteiger partial charge in [0.1, 0.15) is 6.10 Å². The van der Waals surface area contributed by atoms with Crippen molar-refractivity contribution >= 4 is 0 Å². The molecule has 2 atom stereocenters. The van der Waals surface area contributed by atoms with E-state index in [2.05, 4.69) is 4.98 Å². The molecule has 0 bridgehead atoms. The van der Waals surface area contributed by atoms with Crippen molar-refractivity contribution in [3.8, 4) is 11.6 Å². The Morgan fingerprint density at radius 3 is 2.84 bits per heavy atom. The van der Waals surface area contributed by atoms with Gasteiger partial charge in [-0.25, -0.2) is 4.98 Å². The molecule has 1 aromatic rings. The third-order valence-corrected chi connectivity index (χ3v) is 3.37. The number of pyridine rings is 1. The van der Waals surface area contributed by atoms with Gasteiger partial charge in [0.05, 0.1) is 6.10 Å². The average molecular weight is 264 g/mol. The molecule has 0 spiro atoms. The van der Waals surface area contributed by atoms with Gasteiger partial charge in [0, 0.05) is 12.2 Å². The summed E-state index contributed by atoms with van der Waals surface area (Å²) in [4.78, 5) is 4.29. The second-order valence-corrected chi connectivity index (χ2v) is 5.43. The maximum Gasteiger partial charge on any atom is 0.257 e. The van der Waals surface area contributed by atoms with Crippen molar-refractivity contribution in [2.24, 2.45) is 5.73 Å². The van der Waals surface area contributed by atoms with E-state index in [0.29, 0.717) is 11.6 Å². The van der Waals surface area contributed by atoms with Gasteiger partial charge in [0.25, 0.3) is 5.88 Å². The van der Waals surface area contributed by atoms with E-state index in [1.165, 1.54) is 19.3 Å². The minimum Gasteiger partial charge on any atom is -0.485 e. The zero-order chi connectivity index (χ0) is 13.7. The first kappa shape index (κ1) is 14.1. The Hall–Kier alpha value is -1.29. The molecule has 1 heterocycles. The van der Waals surface area contributed by atoms with Gasteiger partial charge in [-0.2, -0.15) is 0 Å². The summed E-state index contributed by atoms with van der Waals surface area (Å²) in [5, 5.41) is 0. The molecule has 0 amide bonds. The fraction of sp³-hybridized carbons (Fsp3) is 0.667. The van der Waals surface area contributed by atoms with E-state index in [0.717, 1.165) is 12.8 Å². The number of nitrogens with zero attached hydrogens (tertiary/aromatic N) is 1. The van der Waals surface area contributed by atoms with Crippen LogP contribution in [0.4, 0.5) is 0 Å². The monoisotopic (exact) mass is 264 g/mol. The second kappa shape index (κ2) is 6.75. The summed E-state index contributed by atoms with van der Waals surface area (Å²) in [5.74, 6) is 1.27. The quantitative estimate of drug-likeness (QED) is 0.849. The summed E-state index contributed by atoms with van der Waals surface area (Å²) >= 11 is 0. The highest BCUT2D eigenvalue weighted by Crippen LogP contribution is 2.28. The van der Waals surface area contributed by atoms with Crippen LogP contribution in [0, 0.1) is 0 Å². The number of hydrogen-bond donors (Lipinski definition) is 1. The van der Waals surface area contributed by atoms with E-state index >= 15 is 0 Å². The first-order valence-electron chi connectivity index (χ1n) is 7.20. The van der Waals surface area contributed by atoms with Crippen LogP contribution >= 0.6 is 0 Å². The number of ether oxygens (including phenoxy) is 2. The molecule has 0 aliphatic heterocycles. The van der Waals surface area contributed by atoms with Gasteiger partial charge in [-0.1, -0.05) is 12.8 Å². The fourth-order valence-corrected chi connectivity index (χ4v) is 2.40. The molecule has 4 nitrogen and oxygen atoms in total. The van der Waals surface area contributed by atoms with Crippen molar-refractivity contribution in [1.82, 2.24) is 4.98 Å². The lowest BCUT2D eigenvalue weighted by Crippen LogP contribution is -2.38. The summed E-state index contributed by atoms with van der Waals surface area (Å²) in [7, 11) is 0. The third-order valence-electron chi connectivity index (χ3n) is 3.37. The van der Waals surface area contributed by atoms with Crippen LogP contribution in [0.15, 0.2) is 18.3 Å². The molecule has 19 heavy (non-hydrogen) atoms. The molecule has 0 radical (unpaired) electrons. The Kier molecular flexibility index (Phi) is 5.02. The summed E-state index contributed by atoms with van der Waals surface area (Å²) in [6.45, 7) is 3.99. The molecule has 0 aromatic carbocycles. The molecule has 1 aliphatic carbocycles. The van der Waals surface area contributed by atoms with E-state index in [9.17, 15) is 0 Å². The number of nitrogens with two attached hydrogens (primary N) is 1. The van der Waals surface area contributed by atoms with Crippen molar-refractivity contribution in [3.05, 3.63) is 18.3 Å². The van der Waals surface area contributed by atoms with Crippen molar-refractivity contribution in [2.45, 2.75) is 64.2 Å². The molecular formula is C15H24N2O2. The van der Waals surface area contributed by atoms with Gasteiger partial charge >= 0.3 is 0 Å². The van der Waals surface area contributed by atoms with Gasteiger partial charge in [-0.3, -0.25) is 0 Å². The lowest BCUT2D eigenvalue weighted by molar-refractivity contribution is 0.141. The first-order valence-corrected chi connectivity index (χ1v) is 7.20. The highest BCUT2D eigenvalue weighted by atomic mass is 16.5. The van der Waals surface area contributed by atoms with Crippen LogP contribution in [0.25, 0.3) is 0 Å². The van der Waals surface area contributed by atoms with Crippen molar-refractivity contribution in [2.75, 3.05) is 0 Å². The molecular weight excluding hydrogens is 240 g/mol. The Balaban J connectivity index is 2.08. The van der Waals surface area contributed by atoms with Crippen LogP contribution in [-0.2, 0) is 0 Å². The predicted molar refractivity (Wildman–Crippen MR) is 75.5 cm³/mol.